The van der Waals surface area contributed by atoms with Gasteiger partial charge in [0, 0.05) is 61.0 Å². The van der Waals surface area contributed by atoms with E-state index < -0.39 is 0 Å². The maximum atomic E-state index is 5.21. The van der Waals surface area contributed by atoms with Crippen LogP contribution in [-0.2, 0) is 0 Å². The number of rotatable bonds is 5. The van der Waals surface area contributed by atoms with E-state index in [2.05, 4.69) is 222 Å². The third kappa shape index (κ3) is 4.81. The van der Waals surface area contributed by atoms with Gasteiger partial charge in [-0.3, -0.25) is 4.98 Å². The standard InChI is InChI=1S/C57H35N3/c1-3-13-36(14-4-1)37-15-11-19-43(31-37)60-53-29-26-39(38-25-28-52-48(32-38)45-21-9-10-24-51(45)59(52)42-17-5-2-6-18-42)33-49(53)50-34-40(27-30-54(50)60)57-56-47-22-8-7-20-44(47)46-23-12-16-41(35-58-57)55(46)56/h1-35H. The van der Waals surface area contributed by atoms with Gasteiger partial charge in [-0.05, 0) is 106 Å². The number of hydrogen-bond donors (Lipinski definition) is 0. The van der Waals surface area contributed by atoms with Gasteiger partial charge in [-0.15, -0.1) is 0 Å². The average molecular weight is 762 g/mol. The summed E-state index contributed by atoms with van der Waals surface area (Å²) in [5.74, 6) is 0. The van der Waals surface area contributed by atoms with Crippen LogP contribution in [-0.4, -0.2) is 14.1 Å². The average Bonchev–Trinajstić information content (AvgIpc) is 3.96. The summed E-state index contributed by atoms with van der Waals surface area (Å²) >= 11 is 0. The molecule has 12 aromatic rings. The van der Waals surface area contributed by atoms with Gasteiger partial charge < -0.3 is 9.13 Å². The molecule has 9 aromatic carbocycles. The second kappa shape index (κ2) is 12.7. The maximum Gasteiger partial charge on any atom is 0.0787 e. The van der Waals surface area contributed by atoms with Crippen molar-refractivity contribution in [1.82, 2.24) is 14.1 Å². The first-order valence-corrected chi connectivity index (χ1v) is 20.6. The summed E-state index contributed by atoms with van der Waals surface area (Å²) in [6, 6.07) is 75.3. The molecule has 0 amide bonds. The third-order valence-corrected chi connectivity index (χ3v) is 12.7. The van der Waals surface area contributed by atoms with E-state index in [0.29, 0.717) is 0 Å². The van der Waals surface area contributed by atoms with Crippen LogP contribution in [0.1, 0.15) is 0 Å². The lowest BCUT2D eigenvalue weighted by Crippen LogP contribution is -1.95. The summed E-state index contributed by atoms with van der Waals surface area (Å²) in [5.41, 5.74) is 19.0. The van der Waals surface area contributed by atoms with Crippen molar-refractivity contribution in [1.29, 1.82) is 0 Å². The monoisotopic (exact) mass is 761 g/mol. The minimum Gasteiger partial charge on any atom is -0.309 e. The molecule has 0 aliphatic heterocycles. The highest BCUT2D eigenvalue weighted by atomic mass is 15.0. The van der Waals surface area contributed by atoms with Gasteiger partial charge in [0.05, 0.1) is 27.8 Å². The fourth-order valence-corrected chi connectivity index (χ4v) is 10.0. The first-order valence-electron chi connectivity index (χ1n) is 20.6. The number of pyridine rings is 1. The van der Waals surface area contributed by atoms with Gasteiger partial charge in [-0.1, -0.05) is 140 Å². The van der Waals surface area contributed by atoms with Crippen LogP contribution in [0.2, 0.25) is 0 Å². The van der Waals surface area contributed by atoms with E-state index >= 15 is 0 Å². The molecule has 60 heavy (non-hydrogen) atoms. The Morgan fingerprint density at radius 1 is 0.317 bits per heavy atom. The maximum absolute atomic E-state index is 5.21. The number of benzene rings is 9. The molecule has 0 spiro atoms. The van der Waals surface area contributed by atoms with E-state index in [1.54, 1.807) is 0 Å². The molecule has 1 aliphatic rings. The number of para-hydroxylation sites is 2. The van der Waals surface area contributed by atoms with E-state index in [1.807, 2.05) is 0 Å². The SMILES string of the molecule is c1ccc(-c2cccc(-n3c4ccc(-c5ccc6c(c5)c5ccccc5n6-c5ccccc5)cc4c4cc(-c5ncc6cccc7c6c5-c5ccccc5-7)ccc43)c2)cc1. The molecule has 13 rings (SSSR count). The Kier molecular flexibility index (Phi) is 7.01. The first-order chi connectivity index (χ1) is 29.8. The van der Waals surface area contributed by atoms with E-state index in [9.17, 15) is 0 Å². The summed E-state index contributed by atoms with van der Waals surface area (Å²) < 4.78 is 4.81. The summed E-state index contributed by atoms with van der Waals surface area (Å²) in [6.07, 6.45) is 2.05. The lowest BCUT2D eigenvalue weighted by Gasteiger charge is -2.12. The molecule has 278 valence electrons. The van der Waals surface area contributed by atoms with Crippen molar-refractivity contribution in [3.63, 3.8) is 0 Å². The Hall–Kier alpha value is -8.01. The zero-order valence-electron chi connectivity index (χ0n) is 32.5. The van der Waals surface area contributed by atoms with Gasteiger partial charge in [0.2, 0.25) is 0 Å². The van der Waals surface area contributed by atoms with Gasteiger partial charge in [-0.2, -0.15) is 0 Å². The normalized spacial score (nSPS) is 12.0. The second-order valence-corrected chi connectivity index (χ2v) is 15.9. The molecule has 0 fully saturated rings. The summed E-state index contributed by atoms with van der Waals surface area (Å²) in [7, 11) is 0. The molecule has 0 saturated carbocycles. The van der Waals surface area contributed by atoms with Crippen molar-refractivity contribution in [2.75, 3.05) is 0 Å². The van der Waals surface area contributed by atoms with Gasteiger partial charge in [-0.25, -0.2) is 0 Å². The van der Waals surface area contributed by atoms with Crippen LogP contribution in [0.5, 0.6) is 0 Å². The third-order valence-electron chi connectivity index (χ3n) is 12.7. The van der Waals surface area contributed by atoms with Crippen molar-refractivity contribution in [2.24, 2.45) is 0 Å². The Labute approximate surface area is 346 Å². The van der Waals surface area contributed by atoms with E-state index in [4.69, 9.17) is 4.98 Å². The minimum absolute atomic E-state index is 1.02. The Bertz CT molecular complexity index is 3700. The number of nitrogens with zero attached hydrogens (tertiary/aromatic N) is 3. The lowest BCUT2D eigenvalue weighted by atomic mass is 9.96. The largest absolute Gasteiger partial charge is 0.309 e. The van der Waals surface area contributed by atoms with Crippen LogP contribution in [0.3, 0.4) is 0 Å². The number of aromatic nitrogens is 3. The molecular formula is C57H35N3. The quantitative estimate of drug-likeness (QED) is 0.171. The molecule has 1 aliphatic carbocycles. The van der Waals surface area contributed by atoms with Crippen LogP contribution in [0.4, 0.5) is 0 Å². The molecule has 0 unspecified atom stereocenters. The molecule has 3 heteroatoms. The molecule has 0 radical (unpaired) electrons. The smallest absolute Gasteiger partial charge is 0.0787 e. The molecule has 0 N–H and O–H groups in total. The van der Waals surface area contributed by atoms with Gasteiger partial charge in [0.25, 0.3) is 0 Å². The van der Waals surface area contributed by atoms with Crippen LogP contribution >= 0.6 is 0 Å². The highest BCUT2D eigenvalue weighted by Crippen LogP contribution is 2.51. The Balaban J connectivity index is 1.04. The zero-order valence-corrected chi connectivity index (χ0v) is 32.5. The lowest BCUT2D eigenvalue weighted by molar-refractivity contribution is 1.18. The van der Waals surface area contributed by atoms with Gasteiger partial charge in [0.15, 0.2) is 0 Å². The minimum atomic E-state index is 1.02. The molecule has 0 saturated heterocycles. The van der Waals surface area contributed by atoms with Gasteiger partial charge >= 0.3 is 0 Å². The van der Waals surface area contributed by atoms with E-state index in [-0.39, 0.29) is 0 Å². The van der Waals surface area contributed by atoms with Crippen molar-refractivity contribution in [2.45, 2.75) is 0 Å². The van der Waals surface area contributed by atoms with Crippen LogP contribution < -0.4 is 0 Å². The van der Waals surface area contributed by atoms with Gasteiger partial charge in [0.1, 0.15) is 0 Å². The van der Waals surface area contributed by atoms with Crippen molar-refractivity contribution >= 4 is 54.4 Å². The first kappa shape index (κ1) is 33.0. The zero-order chi connectivity index (χ0) is 39.3. The molecule has 3 nitrogen and oxygen atoms in total. The molecule has 0 atom stereocenters. The fourth-order valence-electron chi connectivity index (χ4n) is 10.0. The van der Waals surface area contributed by atoms with Crippen LogP contribution in [0, 0.1) is 0 Å². The number of hydrogen-bond acceptors (Lipinski definition) is 1. The van der Waals surface area contributed by atoms with Crippen molar-refractivity contribution < 1.29 is 0 Å². The molecule has 3 aromatic heterocycles. The summed E-state index contributed by atoms with van der Waals surface area (Å²) in [6.45, 7) is 0. The predicted octanol–water partition coefficient (Wildman–Crippen LogP) is 15.1. The second-order valence-electron chi connectivity index (χ2n) is 15.9. The Morgan fingerprint density at radius 2 is 0.833 bits per heavy atom. The van der Waals surface area contributed by atoms with E-state index in [1.165, 1.54) is 93.4 Å². The summed E-state index contributed by atoms with van der Waals surface area (Å²) in [4.78, 5) is 5.21. The molecule has 0 bridgehead atoms. The van der Waals surface area contributed by atoms with Crippen LogP contribution in [0.25, 0.3) is 122 Å². The fraction of sp³-hybridized carbons (Fsp3) is 0. The van der Waals surface area contributed by atoms with Crippen molar-refractivity contribution in [3.8, 4) is 67.1 Å². The highest BCUT2D eigenvalue weighted by Gasteiger charge is 2.26. The topological polar surface area (TPSA) is 22.8 Å². The van der Waals surface area contributed by atoms with E-state index in [0.717, 1.165) is 28.1 Å². The highest BCUT2D eigenvalue weighted by molar-refractivity contribution is 6.19. The predicted molar refractivity (Wildman–Crippen MR) is 251 cm³/mol. The molecule has 3 heterocycles. The summed E-state index contributed by atoms with van der Waals surface area (Å²) in [5, 5.41) is 7.36. The van der Waals surface area contributed by atoms with Crippen LogP contribution in [0.15, 0.2) is 212 Å². The number of fused-ring (bicyclic) bond motifs is 9. The molecular weight excluding hydrogens is 727 g/mol. The van der Waals surface area contributed by atoms with Crippen molar-refractivity contribution in [3.05, 3.63) is 212 Å². The Morgan fingerprint density at radius 3 is 1.60 bits per heavy atom.